The first-order valence-corrected chi connectivity index (χ1v) is 8.31. The lowest BCUT2D eigenvalue weighted by molar-refractivity contribution is 0.0529. The van der Waals surface area contributed by atoms with Gasteiger partial charge in [-0.3, -0.25) is 9.48 Å². The van der Waals surface area contributed by atoms with Gasteiger partial charge in [0.25, 0.3) is 5.91 Å². The number of thiophene rings is 1. The fourth-order valence-electron chi connectivity index (χ4n) is 2.15. The Hall–Kier alpha value is -1.37. The van der Waals surface area contributed by atoms with E-state index in [0.29, 0.717) is 16.4 Å². The number of aromatic nitrogens is 2. The Morgan fingerprint density at radius 2 is 2.27 bits per heavy atom. The van der Waals surface area contributed by atoms with Gasteiger partial charge in [-0.1, -0.05) is 25.4 Å². The lowest BCUT2D eigenvalue weighted by Crippen LogP contribution is -2.38. The summed E-state index contributed by atoms with van der Waals surface area (Å²) in [4.78, 5) is 12.5. The zero-order valence-electron chi connectivity index (χ0n) is 13.1. The molecule has 0 saturated heterocycles. The second-order valence-electron chi connectivity index (χ2n) is 5.80. The Balaban J connectivity index is 2.17. The summed E-state index contributed by atoms with van der Waals surface area (Å²) in [6.07, 6.45) is 0. The van der Waals surface area contributed by atoms with Crippen LogP contribution < -0.4 is 5.32 Å². The zero-order chi connectivity index (χ0) is 16.5. The molecule has 1 atom stereocenters. The fourth-order valence-corrected chi connectivity index (χ4v) is 3.15. The fraction of sp³-hybridized carbons (Fsp3) is 0.467. The first kappa shape index (κ1) is 17.0. The highest BCUT2D eigenvalue weighted by molar-refractivity contribution is 7.08. The molecule has 0 aliphatic carbocycles. The molecule has 22 heavy (non-hydrogen) atoms. The van der Waals surface area contributed by atoms with E-state index in [2.05, 4.69) is 10.4 Å². The molecule has 0 aliphatic heterocycles. The molecule has 120 valence electrons. The van der Waals surface area contributed by atoms with Gasteiger partial charge in [0, 0.05) is 7.05 Å². The Morgan fingerprint density at radius 3 is 2.82 bits per heavy atom. The average molecular weight is 342 g/mol. The van der Waals surface area contributed by atoms with Gasteiger partial charge in [0.2, 0.25) is 0 Å². The summed E-state index contributed by atoms with van der Waals surface area (Å²) in [5, 5.41) is 21.6. The Kier molecular flexibility index (Phi) is 4.94. The van der Waals surface area contributed by atoms with E-state index in [1.54, 1.807) is 14.0 Å². The van der Waals surface area contributed by atoms with Crippen LogP contribution in [0, 0.1) is 0 Å². The number of nitrogens with zero attached hydrogens (tertiary/aromatic N) is 2. The minimum absolute atomic E-state index is 0.0804. The molecule has 0 saturated carbocycles. The van der Waals surface area contributed by atoms with Gasteiger partial charge < -0.3 is 10.4 Å². The van der Waals surface area contributed by atoms with Gasteiger partial charge in [0.15, 0.2) is 0 Å². The highest BCUT2D eigenvalue weighted by Gasteiger charge is 2.27. The number of rotatable bonds is 5. The largest absolute Gasteiger partial charge is 0.384 e. The minimum Gasteiger partial charge on any atom is -0.384 e. The molecule has 2 rings (SSSR count). The van der Waals surface area contributed by atoms with Crippen molar-refractivity contribution in [2.45, 2.75) is 32.3 Å². The third-order valence-corrected chi connectivity index (χ3v) is 4.63. The van der Waals surface area contributed by atoms with Gasteiger partial charge in [-0.05, 0) is 35.2 Å². The van der Waals surface area contributed by atoms with Crippen LogP contribution in [0.1, 0.15) is 48.3 Å². The van der Waals surface area contributed by atoms with E-state index >= 15 is 0 Å². The Bertz CT molecular complexity index is 663. The second kappa shape index (κ2) is 6.40. The molecule has 5 nitrogen and oxygen atoms in total. The van der Waals surface area contributed by atoms with Crippen LogP contribution in [0.2, 0.25) is 5.15 Å². The maximum atomic E-state index is 12.5. The number of amides is 1. The number of aliphatic hydroxyl groups is 1. The zero-order valence-corrected chi connectivity index (χ0v) is 14.6. The molecular formula is C15H20ClN3O2S. The van der Waals surface area contributed by atoms with Gasteiger partial charge in [0.1, 0.15) is 10.8 Å². The molecule has 0 fully saturated rings. The molecule has 7 heteroatoms. The Labute approximate surface area is 138 Å². The summed E-state index contributed by atoms with van der Waals surface area (Å²) in [7, 11) is 1.70. The molecule has 0 bridgehead atoms. The monoisotopic (exact) mass is 341 g/mol. The summed E-state index contributed by atoms with van der Waals surface area (Å²) >= 11 is 7.68. The third kappa shape index (κ3) is 3.34. The Morgan fingerprint density at radius 1 is 1.59 bits per heavy atom. The molecule has 0 radical (unpaired) electrons. The van der Waals surface area contributed by atoms with E-state index in [4.69, 9.17) is 11.6 Å². The highest BCUT2D eigenvalue weighted by atomic mass is 35.5. The van der Waals surface area contributed by atoms with E-state index in [1.165, 1.54) is 16.0 Å². The van der Waals surface area contributed by atoms with Crippen molar-refractivity contribution in [2.75, 3.05) is 6.54 Å². The number of hydrogen-bond acceptors (Lipinski definition) is 4. The minimum atomic E-state index is -1.12. The van der Waals surface area contributed by atoms with Crippen LogP contribution in [-0.2, 0) is 12.6 Å². The SMILES string of the molecule is CC(C)c1nn(C)c(Cl)c1C(=O)NCC(C)(O)c1ccsc1. The van der Waals surface area contributed by atoms with Crippen LogP contribution in [0.4, 0.5) is 0 Å². The van der Waals surface area contributed by atoms with Crippen LogP contribution >= 0.6 is 22.9 Å². The lowest BCUT2D eigenvalue weighted by atomic mass is 9.99. The van der Waals surface area contributed by atoms with Crippen molar-refractivity contribution in [3.63, 3.8) is 0 Å². The molecule has 1 amide bonds. The predicted octanol–water partition coefficient (Wildman–Crippen LogP) is 2.90. The van der Waals surface area contributed by atoms with Gasteiger partial charge in [0.05, 0.1) is 17.8 Å². The first-order valence-electron chi connectivity index (χ1n) is 6.99. The van der Waals surface area contributed by atoms with Gasteiger partial charge >= 0.3 is 0 Å². The summed E-state index contributed by atoms with van der Waals surface area (Å²) in [6, 6.07) is 1.84. The summed E-state index contributed by atoms with van der Waals surface area (Å²) < 4.78 is 1.49. The maximum Gasteiger partial charge on any atom is 0.256 e. The number of nitrogens with one attached hydrogen (secondary N) is 1. The van der Waals surface area contributed by atoms with Crippen LogP contribution in [-0.4, -0.2) is 27.3 Å². The second-order valence-corrected chi connectivity index (χ2v) is 6.94. The van der Waals surface area contributed by atoms with Crippen molar-refractivity contribution in [3.8, 4) is 0 Å². The molecule has 0 aliphatic rings. The first-order chi connectivity index (χ1) is 10.2. The lowest BCUT2D eigenvalue weighted by Gasteiger charge is -2.23. The molecule has 2 aromatic heterocycles. The standard InChI is InChI=1S/C15H20ClN3O2S/c1-9(2)12-11(13(16)19(4)18-12)14(20)17-8-15(3,21)10-5-6-22-7-10/h5-7,9,21H,8H2,1-4H3,(H,17,20). The molecule has 2 heterocycles. The number of carbonyl (C=O) groups is 1. The van der Waals surface area contributed by atoms with Crippen LogP contribution in [0.15, 0.2) is 16.8 Å². The average Bonchev–Trinajstić information content (AvgIpc) is 3.06. The normalized spacial score (nSPS) is 14.1. The molecule has 0 aromatic carbocycles. The highest BCUT2D eigenvalue weighted by Crippen LogP contribution is 2.26. The van der Waals surface area contributed by atoms with Crippen LogP contribution in [0.5, 0.6) is 0 Å². The van der Waals surface area contributed by atoms with Crippen LogP contribution in [0.25, 0.3) is 0 Å². The van der Waals surface area contributed by atoms with Crippen molar-refractivity contribution in [1.29, 1.82) is 0 Å². The maximum absolute atomic E-state index is 12.5. The van der Waals surface area contributed by atoms with Gasteiger partial charge in [-0.25, -0.2) is 0 Å². The summed E-state index contributed by atoms with van der Waals surface area (Å²) in [5.41, 5.74) is 0.683. The van der Waals surface area contributed by atoms with Crippen molar-refractivity contribution < 1.29 is 9.90 Å². The third-order valence-electron chi connectivity index (χ3n) is 3.51. The number of halogens is 1. The van der Waals surface area contributed by atoms with E-state index in [0.717, 1.165) is 5.56 Å². The molecule has 0 spiro atoms. The predicted molar refractivity (Wildman–Crippen MR) is 88.5 cm³/mol. The van der Waals surface area contributed by atoms with E-state index in [-0.39, 0.29) is 18.4 Å². The number of hydrogen-bond donors (Lipinski definition) is 2. The van der Waals surface area contributed by atoms with E-state index < -0.39 is 5.60 Å². The molecular weight excluding hydrogens is 322 g/mol. The summed E-state index contributed by atoms with van der Waals surface area (Å²) in [5.74, 6) is -0.242. The number of aryl methyl sites for hydroxylation is 1. The van der Waals surface area contributed by atoms with E-state index in [9.17, 15) is 9.90 Å². The van der Waals surface area contributed by atoms with Crippen molar-refractivity contribution >= 4 is 28.8 Å². The number of carbonyl (C=O) groups excluding carboxylic acids is 1. The smallest absolute Gasteiger partial charge is 0.256 e. The topological polar surface area (TPSA) is 67.2 Å². The van der Waals surface area contributed by atoms with Gasteiger partial charge in [-0.15, -0.1) is 0 Å². The van der Waals surface area contributed by atoms with Crippen LogP contribution in [0.3, 0.4) is 0 Å². The molecule has 2 aromatic rings. The van der Waals surface area contributed by atoms with Crippen molar-refractivity contribution in [1.82, 2.24) is 15.1 Å². The van der Waals surface area contributed by atoms with E-state index in [1.807, 2.05) is 30.7 Å². The summed E-state index contributed by atoms with van der Waals surface area (Å²) in [6.45, 7) is 5.68. The molecule has 1 unspecified atom stereocenters. The van der Waals surface area contributed by atoms with Gasteiger partial charge in [-0.2, -0.15) is 16.4 Å². The van der Waals surface area contributed by atoms with Crippen molar-refractivity contribution in [3.05, 3.63) is 38.8 Å². The van der Waals surface area contributed by atoms with Crippen molar-refractivity contribution in [2.24, 2.45) is 7.05 Å². The molecule has 2 N–H and O–H groups in total. The quantitative estimate of drug-likeness (QED) is 0.878.